The average Bonchev–Trinajstić information content (AvgIpc) is 2.81. The maximum absolute atomic E-state index is 11.9. The molecule has 108 valence electrons. The predicted octanol–water partition coefficient (Wildman–Crippen LogP) is 1.91. The van der Waals surface area contributed by atoms with Gasteiger partial charge in [0, 0.05) is 29.7 Å². The number of guanidine groups is 1. The molecule has 5 nitrogen and oxygen atoms in total. The molecule has 0 saturated heterocycles. The SMILES string of the molecule is Cc1c(Cl)cccc1NC(=O)CCNC1=NCC(C)N1. The molecule has 1 aromatic carbocycles. The van der Waals surface area contributed by atoms with Gasteiger partial charge in [-0.25, -0.2) is 0 Å². The molecule has 1 heterocycles. The fourth-order valence-corrected chi connectivity index (χ4v) is 2.08. The van der Waals surface area contributed by atoms with Gasteiger partial charge in [-0.1, -0.05) is 17.7 Å². The van der Waals surface area contributed by atoms with Crippen molar-refractivity contribution in [2.45, 2.75) is 26.3 Å². The van der Waals surface area contributed by atoms with Gasteiger partial charge in [-0.2, -0.15) is 0 Å². The summed E-state index contributed by atoms with van der Waals surface area (Å²) in [6.07, 6.45) is 0.376. The molecule has 0 aliphatic carbocycles. The molecule has 0 saturated carbocycles. The number of nitrogens with one attached hydrogen (secondary N) is 3. The van der Waals surface area contributed by atoms with Crippen molar-refractivity contribution in [2.75, 3.05) is 18.4 Å². The Kier molecular flexibility index (Phi) is 4.84. The Bertz CT molecular complexity index is 530. The number of hydrogen-bond donors (Lipinski definition) is 3. The fraction of sp³-hybridized carbons (Fsp3) is 0.429. The highest BCUT2D eigenvalue weighted by atomic mass is 35.5. The molecule has 0 radical (unpaired) electrons. The second-order valence-corrected chi connectivity index (χ2v) is 5.28. The summed E-state index contributed by atoms with van der Waals surface area (Å²) in [7, 11) is 0. The van der Waals surface area contributed by atoms with E-state index in [1.807, 2.05) is 19.1 Å². The zero-order chi connectivity index (χ0) is 14.5. The largest absolute Gasteiger partial charge is 0.356 e. The number of amides is 1. The molecule has 20 heavy (non-hydrogen) atoms. The molecule has 1 aliphatic rings. The van der Waals surface area contributed by atoms with Gasteiger partial charge in [0.25, 0.3) is 0 Å². The van der Waals surface area contributed by atoms with Crippen LogP contribution in [0.3, 0.4) is 0 Å². The van der Waals surface area contributed by atoms with E-state index in [9.17, 15) is 4.79 Å². The Balaban J connectivity index is 1.77. The van der Waals surface area contributed by atoms with E-state index in [2.05, 4.69) is 27.9 Å². The van der Waals surface area contributed by atoms with E-state index < -0.39 is 0 Å². The lowest BCUT2D eigenvalue weighted by Crippen LogP contribution is -2.38. The van der Waals surface area contributed by atoms with Crippen molar-refractivity contribution in [1.29, 1.82) is 0 Å². The number of anilines is 1. The number of aliphatic imine (C=N–C) groups is 1. The highest BCUT2D eigenvalue weighted by molar-refractivity contribution is 6.31. The Morgan fingerprint density at radius 1 is 1.55 bits per heavy atom. The van der Waals surface area contributed by atoms with Crippen LogP contribution in [-0.2, 0) is 4.79 Å². The molecule has 1 aliphatic heterocycles. The fourth-order valence-electron chi connectivity index (χ4n) is 1.91. The average molecular weight is 295 g/mol. The Morgan fingerprint density at radius 2 is 2.35 bits per heavy atom. The van der Waals surface area contributed by atoms with Gasteiger partial charge in [0.1, 0.15) is 0 Å². The van der Waals surface area contributed by atoms with Crippen LogP contribution in [0.15, 0.2) is 23.2 Å². The van der Waals surface area contributed by atoms with Crippen LogP contribution < -0.4 is 16.0 Å². The van der Waals surface area contributed by atoms with E-state index in [-0.39, 0.29) is 5.91 Å². The Hall–Kier alpha value is -1.75. The molecule has 0 bridgehead atoms. The lowest BCUT2D eigenvalue weighted by Gasteiger charge is -2.11. The highest BCUT2D eigenvalue weighted by Crippen LogP contribution is 2.22. The van der Waals surface area contributed by atoms with Gasteiger partial charge in [0.2, 0.25) is 5.91 Å². The van der Waals surface area contributed by atoms with Crippen molar-refractivity contribution >= 4 is 29.2 Å². The van der Waals surface area contributed by atoms with E-state index in [1.165, 1.54) is 0 Å². The minimum atomic E-state index is -0.0467. The lowest BCUT2D eigenvalue weighted by atomic mass is 10.2. The van der Waals surface area contributed by atoms with E-state index in [1.54, 1.807) is 6.07 Å². The molecule has 2 rings (SSSR count). The van der Waals surface area contributed by atoms with Gasteiger partial charge >= 0.3 is 0 Å². The number of benzene rings is 1. The Morgan fingerprint density at radius 3 is 3.05 bits per heavy atom. The van der Waals surface area contributed by atoms with E-state index in [0.717, 1.165) is 23.8 Å². The molecule has 1 aromatic rings. The number of rotatable bonds is 4. The molecule has 0 fully saturated rings. The van der Waals surface area contributed by atoms with Crippen molar-refractivity contribution in [2.24, 2.45) is 4.99 Å². The summed E-state index contributed by atoms with van der Waals surface area (Å²) in [5.74, 6) is 0.721. The number of carbonyl (C=O) groups is 1. The molecule has 0 aromatic heterocycles. The molecule has 1 unspecified atom stereocenters. The molecule has 0 spiro atoms. The molecule has 6 heteroatoms. The van der Waals surface area contributed by atoms with Crippen LogP contribution in [0.1, 0.15) is 18.9 Å². The summed E-state index contributed by atoms with van der Waals surface area (Å²) in [6, 6.07) is 5.83. The molecular weight excluding hydrogens is 276 g/mol. The number of halogens is 1. The first-order valence-corrected chi connectivity index (χ1v) is 7.04. The van der Waals surface area contributed by atoms with Crippen LogP contribution in [0.5, 0.6) is 0 Å². The molecule has 1 amide bonds. The third-order valence-corrected chi connectivity index (χ3v) is 3.50. The minimum Gasteiger partial charge on any atom is -0.356 e. The second kappa shape index (κ2) is 6.61. The summed E-state index contributed by atoms with van der Waals surface area (Å²) >= 11 is 6.01. The summed E-state index contributed by atoms with van der Waals surface area (Å²) in [5.41, 5.74) is 1.64. The normalized spacial score (nSPS) is 17.4. The van der Waals surface area contributed by atoms with Gasteiger partial charge in [0.05, 0.1) is 6.54 Å². The number of nitrogens with zero attached hydrogens (tertiary/aromatic N) is 1. The van der Waals surface area contributed by atoms with Crippen LogP contribution >= 0.6 is 11.6 Å². The van der Waals surface area contributed by atoms with E-state index in [0.29, 0.717) is 24.0 Å². The van der Waals surface area contributed by atoms with Gasteiger partial charge in [-0.3, -0.25) is 9.79 Å². The molecule has 1 atom stereocenters. The lowest BCUT2D eigenvalue weighted by molar-refractivity contribution is -0.116. The van der Waals surface area contributed by atoms with Crippen LogP contribution in [0, 0.1) is 6.92 Å². The second-order valence-electron chi connectivity index (χ2n) is 4.87. The maximum atomic E-state index is 11.9. The summed E-state index contributed by atoms with van der Waals surface area (Å²) in [5, 5.41) is 9.80. The topological polar surface area (TPSA) is 65.5 Å². The van der Waals surface area contributed by atoms with Crippen molar-refractivity contribution in [3.63, 3.8) is 0 Å². The van der Waals surface area contributed by atoms with Gasteiger partial charge in [-0.05, 0) is 31.5 Å². The van der Waals surface area contributed by atoms with Crippen LogP contribution in [0.2, 0.25) is 5.02 Å². The predicted molar refractivity (Wildman–Crippen MR) is 82.3 cm³/mol. The number of carbonyl (C=O) groups excluding carboxylic acids is 1. The zero-order valence-electron chi connectivity index (χ0n) is 11.7. The zero-order valence-corrected chi connectivity index (χ0v) is 12.4. The third-order valence-electron chi connectivity index (χ3n) is 3.09. The standard InChI is InChI=1S/C14H19ClN4O/c1-9-8-17-14(18-9)16-7-6-13(20)19-12-5-3-4-11(15)10(12)2/h3-5,9H,6-8H2,1-2H3,(H,19,20)(H2,16,17,18). The number of hydrogen-bond acceptors (Lipinski definition) is 4. The molecule has 3 N–H and O–H groups in total. The summed E-state index contributed by atoms with van der Waals surface area (Å²) in [4.78, 5) is 16.1. The first kappa shape index (κ1) is 14.7. The van der Waals surface area contributed by atoms with Crippen LogP contribution in [-0.4, -0.2) is 31.0 Å². The smallest absolute Gasteiger partial charge is 0.226 e. The van der Waals surface area contributed by atoms with E-state index in [4.69, 9.17) is 11.6 Å². The first-order valence-electron chi connectivity index (χ1n) is 6.66. The quantitative estimate of drug-likeness (QED) is 0.795. The van der Waals surface area contributed by atoms with Crippen molar-refractivity contribution in [1.82, 2.24) is 10.6 Å². The van der Waals surface area contributed by atoms with E-state index >= 15 is 0 Å². The van der Waals surface area contributed by atoms with Crippen molar-refractivity contribution < 1.29 is 4.79 Å². The summed E-state index contributed by atoms with van der Waals surface area (Å²) < 4.78 is 0. The van der Waals surface area contributed by atoms with Gasteiger partial charge < -0.3 is 16.0 Å². The van der Waals surface area contributed by atoms with Crippen LogP contribution in [0.4, 0.5) is 5.69 Å². The highest BCUT2D eigenvalue weighted by Gasteiger charge is 2.12. The van der Waals surface area contributed by atoms with Crippen molar-refractivity contribution in [3.8, 4) is 0 Å². The molecular formula is C14H19ClN4O. The minimum absolute atomic E-state index is 0.0467. The Labute approximate surface area is 123 Å². The van der Waals surface area contributed by atoms with Gasteiger partial charge in [0.15, 0.2) is 5.96 Å². The van der Waals surface area contributed by atoms with Crippen molar-refractivity contribution in [3.05, 3.63) is 28.8 Å². The first-order chi connectivity index (χ1) is 9.56. The monoisotopic (exact) mass is 294 g/mol. The summed E-state index contributed by atoms with van der Waals surface area (Å²) in [6.45, 7) is 5.27. The van der Waals surface area contributed by atoms with Gasteiger partial charge in [-0.15, -0.1) is 0 Å². The maximum Gasteiger partial charge on any atom is 0.226 e. The third kappa shape index (κ3) is 3.87. The van der Waals surface area contributed by atoms with Crippen LogP contribution in [0.25, 0.3) is 0 Å².